The molecular formula is C19H16Cl2N4O3S. The summed E-state index contributed by atoms with van der Waals surface area (Å²) in [5.41, 5.74) is 1.44. The molecule has 3 aromatic rings. The lowest BCUT2D eigenvalue weighted by molar-refractivity contribution is 0.284. The molecule has 3 rings (SSSR count). The number of benzene rings is 2. The van der Waals surface area contributed by atoms with Crippen LogP contribution in [0.5, 0.6) is 11.5 Å². The van der Waals surface area contributed by atoms with Gasteiger partial charge in [-0.25, -0.2) is 0 Å². The van der Waals surface area contributed by atoms with Crippen molar-refractivity contribution in [2.75, 3.05) is 7.11 Å². The normalized spacial score (nSPS) is 11.0. The number of ether oxygens (including phenoxy) is 2. The molecule has 0 amide bonds. The fourth-order valence-electron chi connectivity index (χ4n) is 2.38. The van der Waals surface area contributed by atoms with E-state index >= 15 is 0 Å². The van der Waals surface area contributed by atoms with E-state index in [1.54, 1.807) is 37.3 Å². The summed E-state index contributed by atoms with van der Waals surface area (Å²) in [4.78, 5) is 12.1. The van der Waals surface area contributed by atoms with Crippen LogP contribution in [0.1, 0.15) is 16.8 Å². The first-order valence-corrected chi connectivity index (χ1v) is 9.53. The van der Waals surface area contributed by atoms with E-state index in [4.69, 9.17) is 44.9 Å². The Bertz CT molecular complexity index is 1190. The Kier molecular flexibility index (Phi) is 6.68. The fraction of sp³-hybridized carbons (Fsp3) is 0.158. The van der Waals surface area contributed by atoms with Crippen molar-refractivity contribution in [1.82, 2.24) is 14.9 Å². The van der Waals surface area contributed by atoms with Crippen LogP contribution in [-0.4, -0.2) is 28.2 Å². The summed E-state index contributed by atoms with van der Waals surface area (Å²) >= 11 is 17.0. The highest BCUT2D eigenvalue weighted by Gasteiger charge is 2.07. The maximum Gasteiger partial charge on any atom is 0.296 e. The Balaban J connectivity index is 1.80. The average Bonchev–Trinajstić information content (AvgIpc) is 2.72. The van der Waals surface area contributed by atoms with Crippen LogP contribution in [-0.2, 0) is 6.61 Å². The van der Waals surface area contributed by atoms with E-state index in [-0.39, 0.29) is 10.5 Å². The van der Waals surface area contributed by atoms with Crippen molar-refractivity contribution < 1.29 is 9.47 Å². The largest absolute Gasteiger partial charge is 0.493 e. The van der Waals surface area contributed by atoms with Crippen LogP contribution in [0.15, 0.2) is 46.3 Å². The molecule has 0 atom stereocenters. The topological polar surface area (TPSA) is 81.5 Å². The average molecular weight is 451 g/mol. The Morgan fingerprint density at radius 3 is 2.72 bits per heavy atom. The Morgan fingerprint density at radius 1 is 1.21 bits per heavy atom. The van der Waals surface area contributed by atoms with E-state index in [0.29, 0.717) is 33.7 Å². The molecular weight excluding hydrogens is 435 g/mol. The third-order valence-corrected chi connectivity index (χ3v) is 4.91. The molecule has 1 N–H and O–H groups in total. The minimum atomic E-state index is -0.390. The van der Waals surface area contributed by atoms with Gasteiger partial charge in [-0.15, -0.1) is 0 Å². The second-order valence-electron chi connectivity index (χ2n) is 5.92. The molecule has 0 fully saturated rings. The van der Waals surface area contributed by atoms with Crippen LogP contribution in [0, 0.1) is 11.7 Å². The van der Waals surface area contributed by atoms with Gasteiger partial charge < -0.3 is 9.47 Å². The van der Waals surface area contributed by atoms with Gasteiger partial charge >= 0.3 is 0 Å². The molecule has 150 valence electrons. The van der Waals surface area contributed by atoms with Crippen molar-refractivity contribution >= 4 is 41.6 Å². The lowest BCUT2D eigenvalue weighted by Gasteiger charge is -2.11. The monoisotopic (exact) mass is 450 g/mol. The first kappa shape index (κ1) is 21.0. The molecule has 0 bridgehead atoms. The molecule has 0 aliphatic heterocycles. The van der Waals surface area contributed by atoms with Gasteiger partial charge in [0.15, 0.2) is 11.5 Å². The van der Waals surface area contributed by atoms with Gasteiger partial charge in [0, 0.05) is 0 Å². The number of nitrogens with zero attached hydrogens (tertiary/aromatic N) is 3. The summed E-state index contributed by atoms with van der Waals surface area (Å²) in [5.74, 6) is 1.06. The predicted molar refractivity (Wildman–Crippen MR) is 115 cm³/mol. The number of nitrogens with one attached hydrogen (secondary N) is 1. The first-order chi connectivity index (χ1) is 13.9. The molecule has 0 spiro atoms. The van der Waals surface area contributed by atoms with Crippen molar-refractivity contribution in [2.45, 2.75) is 13.5 Å². The van der Waals surface area contributed by atoms with Crippen LogP contribution in [0.4, 0.5) is 0 Å². The van der Waals surface area contributed by atoms with Crippen molar-refractivity contribution in [3.8, 4) is 11.5 Å². The van der Waals surface area contributed by atoms with Gasteiger partial charge in [0.05, 0.1) is 23.4 Å². The van der Waals surface area contributed by atoms with E-state index in [1.807, 2.05) is 6.07 Å². The SMILES string of the molecule is COc1cc(/C=N\n2c(=S)[nH]nc(C)c2=O)ccc1OCc1ccc(Cl)c(Cl)c1. The Hall–Kier alpha value is -2.68. The highest BCUT2D eigenvalue weighted by atomic mass is 35.5. The number of hydrogen-bond acceptors (Lipinski definition) is 6. The molecule has 29 heavy (non-hydrogen) atoms. The van der Waals surface area contributed by atoms with E-state index in [2.05, 4.69) is 15.3 Å². The van der Waals surface area contributed by atoms with Gasteiger partial charge in [-0.3, -0.25) is 9.89 Å². The van der Waals surface area contributed by atoms with Crippen molar-refractivity contribution in [2.24, 2.45) is 5.10 Å². The molecule has 1 aromatic heterocycles. The minimum absolute atomic E-state index is 0.102. The second-order valence-corrected chi connectivity index (χ2v) is 7.12. The van der Waals surface area contributed by atoms with E-state index < -0.39 is 5.56 Å². The lowest BCUT2D eigenvalue weighted by atomic mass is 10.2. The van der Waals surface area contributed by atoms with Crippen LogP contribution in [0.25, 0.3) is 0 Å². The van der Waals surface area contributed by atoms with Crippen LogP contribution < -0.4 is 15.0 Å². The summed E-state index contributed by atoms with van der Waals surface area (Å²) < 4.78 is 12.4. The zero-order chi connectivity index (χ0) is 21.0. The third-order valence-electron chi connectivity index (χ3n) is 3.90. The predicted octanol–water partition coefficient (Wildman–Crippen LogP) is 4.39. The smallest absolute Gasteiger partial charge is 0.296 e. The molecule has 0 saturated carbocycles. The van der Waals surface area contributed by atoms with Crippen LogP contribution in [0.2, 0.25) is 10.0 Å². The van der Waals surface area contributed by atoms with Gasteiger partial charge in [0.1, 0.15) is 12.3 Å². The highest BCUT2D eigenvalue weighted by molar-refractivity contribution is 7.71. The number of aromatic nitrogens is 3. The summed E-state index contributed by atoms with van der Waals surface area (Å²) in [6.07, 6.45) is 1.50. The molecule has 2 aromatic carbocycles. The van der Waals surface area contributed by atoms with E-state index in [1.165, 1.54) is 13.3 Å². The van der Waals surface area contributed by atoms with Crippen LogP contribution in [0.3, 0.4) is 0 Å². The maximum absolute atomic E-state index is 12.1. The molecule has 7 nitrogen and oxygen atoms in total. The molecule has 0 aliphatic rings. The zero-order valence-corrected chi connectivity index (χ0v) is 17.8. The lowest BCUT2D eigenvalue weighted by Crippen LogP contribution is -2.22. The quantitative estimate of drug-likeness (QED) is 0.444. The highest BCUT2D eigenvalue weighted by Crippen LogP contribution is 2.29. The number of H-pyrrole nitrogens is 1. The molecule has 0 radical (unpaired) electrons. The fourth-order valence-corrected chi connectivity index (χ4v) is 2.87. The van der Waals surface area contributed by atoms with E-state index in [9.17, 15) is 4.79 Å². The maximum atomic E-state index is 12.1. The number of rotatable bonds is 6. The Morgan fingerprint density at radius 2 is 2.00 bits per heavy atom. The number of halogens is 2. The number of aryl methyl sites for hydroxylation is 1. The summed E-state index contributed by atoms with van der Waals surface area (Å²) in [7, 11) is 1.54. The molecule has 0 unspecified atom stereocenters. The summed E-state index contributed by atoms with van der Waals surface area (Å²) in [6, 6.07) is 10.6. The first-order valence-electron chi connectivity index (χ1n) is 8.36. The summed E-state index contributed by atoms with van der Waals surface area (Å²) in [6.45, 7) is 1.87. The van der Waals surface area contributed by atoms with Gasteiger partial charge in [-0.1, -0.05) is 29.3 Å². The molecule has 1 heterocycles. The zero-order valence-electron chi connectivity index (χ0n) is 15.5. The van der Waals surface area contributed by atoms with Crippen LogP contribution >= 0.6 is 35.4 Å². The third kappa shape index (κ3) is 5.03. The molecule has 10 heteroatoms. The van der Waals surface area contributed by atoms with Crippen molar-refractivity contribution in [3.05, 3.63) is 78.4 Å². The number of hydrogen-bond donors (Lipinski definition) is 1. The Labute approximate surface area is 181 Å². The second kappa shape index (κ2) is 9.21. The summed E-state index contributed by atoms with van der Waals surface area (Å²) in [5, 5.41) is 11.5. The van der Waals surface area contributed by atoms with Gasteiger partial charge in [0.2, 0.25) is 4.77 Å². The van der Waals surface area contributed by atoms with Crippen molar-refractivity contribution in [1.29, 1.82) is 0 Å². The number of methoxy groups -OCH3 is 1. The van der Waals surface area contributed by atoms with Gasteiger partial charge in [-0.2, -0.15) is 14.9 Å². The number of aromatic amines is 1. The van der Waals surface area contributed by atoms with E-state index in [0.717, 1.165) is 10.2 Å². The molecule has 0 aliphatic carbocycles. The van der Waals surface area contributed by atoms with Gasteiger partial charge in [0.25, 0.3) is 5.56 Å². The van der Waals surface area contributed by atoms with Gasteiger partial charge in [-0.05, 0) is 60.6 Å². The standard InChI is InChI=1S/C19H16Cl2N4O3S/c1-11-18(26)25(19(29)24-23-11)22-9-12-4-6-16(17(8-12)27-2)28-10-13-3-5-14(20)15(21)7-13/h3-9H,10H2,1-2H3,(H,24,29)/b22-9-. The van der Waals surface area contributed by atoms with Crippen molar-refractivity contribution in [3.63, 3.8) is 0 Å². The molecule has 0 saturated heterocycles. The minimum Gasteiger partial charge on any atom is -0.493 e.